The van der Waals surface area contributed by atoms with Crippen LogP contribution in [0.15, 0.2) is 16.1 Å². The number of thiophene rings is 1. The van der Waals surface area contributed by atoms with E-state index in [9.17, 15) is 8.42 Å². The van der Waals surface area contributed by atoms with E-state index in [0.29, 0.717) is 4.34 Å². The third-order valence-corrected chi connectivity index (χ3v) is 6.04. The molecule has 0 bridgehead atoms. The molecule has 0 amide bonds. The molecule has 1 atom stereocenters. The van der Waals surface area contributed by atoms with Gasteiger partial charge in [0.2, 0.25) is 10.0 Å². The van der Waals surface area contributed by atoms with Gasteiger partial charge in [-0.1, -0.05) is 35.3 Å². The quantitative estimate of drug-likeness (QED) is 0.369. The molecule has 0 spiro atoms. The molecule has 0 fully saturated rings. The molecule has 10 heteroatoms. The van der Waals surface area contributed by atoms with Gasteiger partial charge in [0.25, 0.3) is 0 Å². The summed E-state index contributed by atoms with van der Waals surface area (Å²) in [6, 6.07) is 1.30. The average Bonchev–Trinajstić information content (AvgIpc) is 2.67. The number of halogens is 2. The highest BCUT2D eigenvalue weighted by atomic mass is 35.5. The van der Waals surface area contributed by atoms with E-state index >= 15 is 0 Å². The Hall–Kier alpha value is -0.540. The zero-order chi connectivity index (χ0) is 14.8. The highest BCUT2D eigenvalue weighted by Crippen LogP contribution is 2.35. The minimum atomic E-state index is -3.75. The molecule has 1 aromatic rings. The van der Waals surface area contributed by atoms with Crippen molar-refractivity contribution in [1.82, 2.24) is 4.31 Å². The maximum atomic E-state index is 12.3. The van der Waals surface area contributed by atoms with Gasteiger partial charge in [0.1, 0.15) is 15.1 Å². The summed E-state index contributed by atoms with van der Waals surface area (Å²) in [5.74, 6) is -0.478. The van der Waals surface area contributed by atoms with E-state index in [1.807, 2.05) is 0 Å². The maximum Gasteiger partial charge on any atom is 0.245 e. The molecular weight excluding hydrogens is 333 g/mol. The van der Waals surface area contributed by atoms with Crippen molar-refractivity contribution in [2.45, 2.75) is 11.8 Å². The maximum absolute atomic E-state index is 12.3. The number of nitrogens with zero attached hydrogens (tertiary/aromatic N) is 2. The lowest BCUT2D eigenvalue weighted by atomic mass is 10.2. The lowest BCUT2D eigenvalue weighted by Gasteiger charge is -2.20. The molecule has 1 rings (SSSR count). The molecule has 0 radical (unpaired) electrons. The number of hydrogen-bond acceptors (Lipinski definition) is 5. The van der Waals surface area contributed by atoms with E-state index in [0.717, 1.165) is 15.6 Å². The van der Waals surface area contributed by atoms with Crippen LogP contribution < -0.4 is 5.73 Å². The number of oxime groups is 1. The largest absolute Gasteiger partial charge is 0.409 e. The van der Waals surface area contributed by atoms with Crippen LogP contribution in [0, 0.1) is 5.92 Å². The average molecular weight is 346 g/mol. The van der Waals surface area contributed by atoms with Gasteiger partial charge in [-0.25, -0.2) is 12.7 Å². The van der Waals surface area contributed by atoms with Crippen molar-refractivity contribution >= 4 is 50.4 Å². The summed E-state index contributed by atoms with van der Waals surface area (Å²) < 4.78 is 26.0. The van der Waals surface area contributed by atoms with Gasteiger partial charge in [0.15, 0.2) is 0 Å². The van der Waals surface area contributed by atoms with E-state index < -0.39 is 15.9 Å². The number of amidine groups is 1. The molecule has 1 aromatic heterocycles. The standard InChI is InChI=1S/C9H13Cl2N3O3S2/c1-5(9(12)13-15)4-14(2)19(16,17)6-3-7(10)18-8(6)11/h3,5,15H,4H2,1-2H3,(H2,12,13). The van der Waals surface area contributed by atoms with E-state index in [-0.39, 0.29) is 21.6 Å². The van der Waals surface area contributed by atoms with E-state index in [2.05, 4.69) is 5.16 Å². The monoisotopic (exact) mass is 345 g/mol. The first kappa shape index (κ1) is 16.5. The second-order valence-corrected chi connectivity index (χ2v) is 8.20. The van der Waals surface area contributed by atoms with Crippen molar-refractivity contribution in [3.8, 4) is 0 Å². The Balaban J connectivity index is 2.98. The molecule has 6 nitrogen and oxygen atoms in total. The molecule has 0 aliphatic rings. The van der Waals surface area contributed by atoms with E-state index in [1.54, 1.807) is 6.92 Å². The van der Waals surface area contributed by atoms with Crippen molar-refractivity contribution in [2.75, 3.05) is 13.6 Å². The van der Waals surface area contributed by atoms with Crippen LogP contribution in [0.5, 0.6) is 0 Å². The van der Waals surface area contributed by atoms with Crippen LogP contribution in [-0.4, -0.2) is 37.4 Å². The number of sulfonamides is 1. The number of rotatable bonds is 5. The SMILES string of the molecule is CC(CN(C)S(=O)(=O)c1cc(Cl)sc1Cl)/C(N)=N/O. The van der Waals surface area contributed by atoms with Gasteiger partial charge in [-0.15, -0.1) is 11.3 Å². The van der Waals surface area contributed by atoms with Crippen LogP contribution >= 0.6 is 34.5 Å². The summed E-state index contributed by atoms with van der Waals surface area (Å²) in [7, 11) is -2.36. The Morgan fingerprint density at radius 3 is 2.63 bits per heavy atom. The Morgan fingerprint density at radius 1 is 1.63 bits per heavy atom. The minimum absolute atomic E-state index is 0.0432. The van der Waals surface area contributed by atoms with Gasteiger partial charge in [-0.05, 0) is 6.07 Å². The fourth-order valence-corrected chi connectivity index (χ4v) is 4.71. The molecule has 0 aliphatic carbocycles. The Labute approximate surface area is 125 Å². The first-order chi connectivity index (χ1) is 8.70. The van der Waals surface area contributed by atoms with E-state index in [4.69, 9.17) is 34.1 Å². The molecule has 0 aliphatic heterocycles. The molecule has 0 saturated carbocycles. The summed E-state index contributed by atoms with van der Waals surface area (Å²) in [6.07, 6.45) is 0. The smallest absolute Gasteiger partial charge is 0.245 e. The first-order valence-corrected chi connectivity index (χ1v) is 8.10. The molecule has 108 valence electrons. The summed E-state index contributed by atoms with van der Waals surface area (Å²) in [5.41, 5.74) is 5.41. The molecule has 3 N–H and O–H groups in total. The minimum Gasteiger partial charge on any atom is -0.409 e. The van der Waals surface area contributed by atoms with E-state index in [1.165, 1.54) is 13.1 Å². The third-order valence-electron chi connectivity index (χ3n) is 2.46. The molecule has 19 heavy (non-hydrogen) atoms. The second-order valence-electron chi connectivity index (χ2n) is 3.90. The molecular formula is C9H13Cl2N3O3S2. The Morgan fingerprint density at radius 2 is 2.21 bits per heavy atom. The van der Waals surface area contributed by atoms with Crippen LogP contribution in [0.3, 0.4) is 0 Å². The Kier molecular flexibility index (Phi) is 5.45. The van der Waals surface area contributed by atoms with Gasteiger partial charge >= 0.3 is 0 Å². The van der Waals surface area contributed by atoms with Crippen LogP contribution in [-0.2, 0) is 10.0 Å². The van der Waals surface area contributed by atoms with Gasteiger partial charge in [-0.3, -0.25) is 0 Å². The fraction of sp³-hybridized carbons (Fsp3) is 0.444. The summed E-state index contributed by atoms with van der Waals surface area (Å²) in [4.78, 5) is -0.0432. The Bertz CT molecular complexity index is 586. The fourth-order valence-electron chi connectivity index (χ4n) is 1.34. The number of nitrogens with two attached hydrogens (primary N) is 1. The van der Waals surface area contributed by atoms with Crippen molar-refractivity contribution < 1.29 is 13.6 Å². The summed E-state index contributed by atoms with van der Waals surface area (Å²) in [5, 5.41) is 11.4. The molecule has 1 heterocycles. The third kappa shape index (κ3) is 3.73. The van der Waals surface area contributed by atoms with Crippen LogP contribution in [0.4, 0.5) is 0 Å². The molecule has 0 saturated heterocycles. The number of hydrogen-bond donors (Lipinski definition) is 2. The zero-order valence-electron chi connectivity index (χ0n) is 10.2. The van der Waals surface area contributed by atoms with Gasteiger partial charge in [0.05, 0.1) is 4.34 Å². The van der Waals surface area contributed by atoms with Crippen LogP contribution in [0.1, 0.15) is 6.92 Å². The summed E-state index contributed by atoms with van der Waals surface area (Å²) >= 11 is 12.6. The normalized spacial score (nSPS) is 14.9. The van der Waals surface area contributed by atoms with Crippen LogP contribution in [0.25, 0.3) is 0 Å². The highest BCUT2D eigenvalue weighted by Gasteiger charge is 2.27. The summed E-state index contributed by atoms with van der Waals surface area (Å²) in [6.45, 7) is 1.70. The van der Waals surface area contributed by atoms with Gasteiger partial charge < -0.3 is 10.9 Å². The molecule has 1 unspecified atom stereocenters. The van der Waals surface area contributed by atoms with Crippen LogP contribution in [0.2, 0.25) is 8.67 Å². The van der Waals surface area contributed by atoms with Crippen molar-refractivity contribution in [3.63, 3.8) is 0 Å². The second kappa shape index (κ2) is 6.27. The first-order valence-electron chi connectivity index (χ1n) is 5.08. The zero-order valence-corrected chi connectivity index (χ0v) is 13.3. The predicted molar refractivity (Wildman–Crippen MR) is 76.7 cm³/mol. The van der Waals surface area contributed by atoms with Crippen molar-refractivity contribution in [1.29, 1.82) is 0 Å². The van der Waals surface area contributed by atoms with Crippen molar-refractivity contribution in [2.24, 2.45) is 16.8 Å². The highest BCUT2D eigenvalue weighted by molar-refractivity contribution is 7.89. The lowest BCUT2D eigenvalue weighted by molar-refractivity contribution is 0.312. The lowest BCUT2D eigenvalue weighted by Crippen LogP contribution is -2.36. The molecule has 0 aromatic carbocycles. The predicted octanol–water partition coefficient (Wildman–Crippen LogP) is 2.06. The topological polar surface area (TPSA) is 96.0 Å². The van der Waals surface area contributed by atoms with Gasteiger partial charge in [0, 0.05) is 19.5 Å². The van der Waals surface area contributed by atoms with Gasteiger partial charge in [-0.2, -0.15) is 0 Å². The van der Waals surface area contributed by atoms with Crippen molar-refractivity contribution in [3.05, 3.63) is 14.7 Å².